The Morgan fingerprint density at radius 2 is 1.61 bits per heavy atom. The van der Waals surface area contributed by atoms with E-state index in [1.807, 2.05) is 52.3 Å². The number of ether oxygens (including phenoxy) is 2. The summed E-state index contributed by atoms with van der Waals surface area (Å²) < 4.78 is 11.3. The monoisotopic (exact) mass is 619 g/mol. The maximum Gasteiger partial charge on any atom is 0.329 e. The first-order chi connectivity index (χ1) is 22.5. The van der Waals surface area contributed by atoms with Crippen LogP contribution < -0.4 is 15.4 Å². The highest BCUT2D eigenvalue weighted by Gasteiger charge is 2.29. The zero-order valence-corrected chi connectivity index (χ0v) is 27.4. The highest BCUT2D eigenvalue weighted by molar-refractivity contribution is 5.94. The first-order valence-corrected chi connectivity index (χ1v) is 16.7. The van der Waals surface area contributed by atoms with Crippen molar-refractivity contribution in [2.24, 2.45) is 11.7 Å². The van der Waals surface area contributed by atoms with Crippen LogP contribution in [0.3, 0.4) is 0 Å². The Balaban J connectivity index is 1.48. The molecule has 0 spiro atoms. The first-order valence-electron chi connectivity index (χ1n) is 16.7. The number of amides is 2. The van der Waals surface area contributed by atoms with Crippen LogP contribution in [0.15, 0.2) is 121 Å². The molecular formula is C40H49N3O3. The topological polar surface area (TPSA) is 68.0 Å². The molecule has 242 valence electrons. The van der Waals surface area contributed by atoms with Gasteiger partial charge in [0, 0.05) is 48.9 Å². The Labute approximate surface area is 275 Å². The number of methoxy groups -OCH3 is 2. The summed E-state index contributed by atoms with van der Waals surface area (Å²) in [6, 6.07) is 29.0. The van der Waals surface area contributed by atoms with E-state index < -0.39 is 0 Å². The van der Waals surface area contributed by atoms with Gasteiger partial charge >= 0.3 is 6.03 Å². The second kappa shape index (κ2) is 16.3. The van der Waals surface area contributed by atoms with Crippen molar-refractivity contribution in [3.63, 3.8) is 0 Å². The third-order valence-electron chi connectivity index (χ3n) is 9.40. The van der Waals surface area contributed by atoms with Gasteiger partial charge in [-0.25, -0.2) is 4.79 Å². The van der Waals surface area contributed by atoms with Crippen LogP contribution in [0.1, 0.15) is 68.4 Å². The third kappa shape index (κ3) is 8.49. The Kier molecular flexibility index (Phi) is 11.7. The van der Waals surface area contributed by atoms with Crippen molar-refractivity contribution in [3.05, 3.63) is 132 Å². The summed E-state index contributed by atoms with van der Waals surface area (Å²) >= 11 is 0. The van der Waals surface area contributed by atoms with E-state index in [2.05, 4.69) is 61.2 Å². The van der Waals surface area contributed by atoms with Gasteiger partial charge in [0.1, 0.15) is 5.75 Å². The maximum absolute atomic E-state index is 14.9. The van der Waals surface area contributed by atoms with E-state index in [4.69, 9.17) is 15.2 Å². The van der Waals surface area contributed by atoms with Crippen LogP contribution in [-0.4, -0.2) is 44.3 Å². The SMILES string of the molecule is C=C(CC1CCCCC1N)CN(C(=O)N(CCC(c1ccccc1)c1ccccc1)c1cccc(OC)c1)C1=CCCC(OC)=C1. The lowest BCUT2D eigenvalue weighted by Gasteiger charge is -2.35. The Hall–Kier alpha value is -4.29. The molecule has 0 aliphatic heterocycles. The van der Waals surface area contributed by atoms with Gasteiger partial charge in [-0.3, -0.25) is 9.80 Å². The van der Waals surface area contributed by atoms with E-state index in [9.17, 15) is 4.79 Å². The molecule has 2 aliphatic rings. The van der Waals surface area contributed by atoms with E-state index >= 15 is 0 Å². The molecule has 2 atom stereocenters. The van der Waals surface area contributed by atoms with Gasteiger partial charge in [0.15, 0.2) is 0 Å². The Morgan fingerprint density at radius 1 is 0.913 bits per heavy atom. The molecule has 0 saturated heterocycles. The van der Waals surface area contributed by atoms with Crippen molar-refractivity contribution in [3.8, 4) is 5.75 Å². The van der Waals surface area contributed by atoms with Gasteiger partial charge in [-0.15, -0.1) is 0 Å². The Bertz CT molecular complexity index is 1460. The van der Waals surface area contributed by atoms with E-state index in [0.717, 1.165) is 61.2 Å². The molecular weight excluding hydrogens is 570 g/mol. The summed E-state index contributed by atoms with van der Waals surface area (Å²) in [6.45, 7) is 5.41. The number of urea groups is 1. The number of nitrogens with two attached hydrogens (primary N) is 1. The molecule has 2 N–H and O–H groups in total. The van der Waals surface area contributed by atoms with Crippen molar-refractivity contribution >= 4 is 11.7 Å². The second-order valence-electron chi connectivity index (χ2n) is 12.5. The number of allylic oxidation sites excluding steroid dienone is 3. The molecule has 3 aromatic carbocycles. The summed E-state index contributed by atoms with van der Waals surface area (Å²) in [4.78, 5) is 18.7. The highest BCUT2D eigenvalue weighted by Crippen LogP contribution is 2.33. The van der Waals surface area contributed by atoms with Crippen LogP contribution in [0.5, 0.6) is 5.75 Å². The number of benzene rings is 3. The number of carbonyl (C=O) groups excluding carboxylic acids is 1. The smallest absolute Gasteiger partial charge is 0.329 e. The van der Waals surface area contributed by atoms with Crippen LogP contribution in [0.2, 0.25) is 0 Å². The van der Waals surface area contributed by atoms with Gasteiger partial charge in [0.25, 0.3) is 0 Å². The van der Waals surface area contributed by atoms with Crippen LogP contribution in [0.25, 0.3) is 0 Å². The summed E-state index contributed by atoms with van der Waals surface area (Å²) in [7, 11) is 3.35. The second-order valence-corrected chi connectivity index (χ2v) is 12.5. The molecule has 2 amide bonds. The summed E-state index contributed by atoms with van der Waals surface area (Å²) in [5.74, 6) is 2.10. The minimum absolute atomic E-state index is 0.0953. The van der Waals surface area contributed by atoms with E-state index in [1.165, 1.54) is 24.0 Å². The number of hydrogen-bond donors (Lipinski definition) is 1. The molecule has 5 rings (SSSR count). The van der Waals surface area contributed by atoms with Crippen molar-refractivity contribution in [1.29, 1.82) is 0 Å². The molecule has 46 heavy (non-hydrogen) atoms. The third-order valence-corrected chi connectivity index (χ3v) is 9.40. The molecule has 6 nitrogen and oxygen atoms in total. The van der Waals surface area contributed by atoms with Crippen LogP contribution in [-0.2, 0) is 4.74 Å². The number of anilines is 1. The number of nitrogens with zero attached hydrogens (tertiary/aromatic N) is 2. The van der Waals surface area contributed by atoms with Crippen LogP contribution in [0, 0.1) is 5.92 Å². The predicted molar refractivity (Wildman–Crippen MR) is 188 cm³/mol. The van der Waals surface area contributed by atoms with Crippen molar-refractivity contribution < 1.29 is 14.3 Å². The maximum atomic E-state index is 14.9. The first kappa shape index (κ1) is 33.1. The standard InChI is InChI=1S/C40H49N3O3/c1-30(26-33-18-10-11-23-39(33)41)29-43(35-20-13-22-37(28-35)46-3)40(44)42(34-19-12-21-36(27-34)45-2)25-24-38(31-14-6-4-7-15-31)32-16-8-5-9-17-32/h4-9,12,14-17,19-21,27-28,33,38-39H,1,10-11,13,18,22-26,29,41H2,2-3H3. The number of rotatable bonds is 13. The minimum Gasteiger partial charge on any atom is -0.501 e. The van der Waals surface area contributed by atoms with Crippen LogP contribution in [0.4, 0.5) is 10.5 Å². The number of carbonyl (C=O) groups is 1. The van der Waals surface area contributed by atoms with E-state index in [-0.39, 0.29) is 18.0 Å². The van der Waals surface area contributed by atoms with Crippen molar-refractivity contribution in [2.75, 3.05) is 32.2 Å². The minimum atomic E-state index is -0.0953. The molecule has 2 unspecified atom stereocenters. The Morgan fingerprint density at radius 3 is 2.26 bits per heavy atom. The van der Waals surface area contributed by atoms with E-state index in [1.54, 1.807) is 14.2 Å². The average Bonchev–Trinajstić information content (AvgIpc) is 3.10. The zero-order valence-electron chi connectivity index (χ0n) is 27.4. The molecule has 0 aromatic heterocycles. The zero-order chi connectivity index (χ0) is 32.3. The molecule has 0 heterocycles. The van der Waals surface area contributed by atoms with Gasteiger partial charge in [0.05, 0.1) is 20.0 Å². The van der Waals surface area contributed by atoms with Crippen LogP contribution >= 0.6 is 0 Å². The fourth-order valence-electron chi connectivity index (χ4n) is 6.84. The fraction of sp³-hybridized carbons (Fsp3) is 0.375. The summed E-state index contributed by atoms with van der Waals surface area (Å²) in [5, 5.41) is 0. The number of hydrogen-bond acceptors (Lipinski definition) is 4. The summed E-state index contributed by atoms with van der Waals surface area (Å²) in [5.41, 5.74) is 11.6. The molecule has 1 saturated carbocycles. The fourth-order valence-corrected chi connectivity index (χ4v) is 6.84. The molecule has 1 fully saturated rings. The van der Waals surface area contributed by atoms with Gasteiger partial charge in [-0.1, -0.05) is 97.8 Å². The quantitative estimate of drug-likeness (QED) is 0.194. The van der Waals surface area contributed by atoms with Gasteiger partial charge < -0.3 is 15.2 Å². The van der Waals surface area contributed by atoms with Gasteiger partial charge in [-0.2, -0.15) is 0 Å². The lowest BCUT2D eigenvalue weighted by Crippen LogP contribution is -2.45. The lowest BCUT2D eigenvalue weighted by atomic mass is 9.81. The molecule has 6 heteroatoms. The largest absolute Gasteiger partial charge is 0.501 e. The molecule has 3 aromatic rings. The lowest BCUT2D eigenvalue weighted by molar-refractivity contribution is 0.218. The molecule has 0 radical (unpaired) electrons. The van der Waals surface area contributed by atoms with E-state index in [0.29, 0.717) is 24.8 Å². The molecule has 2 aliphatic carbocycles. The average molecular weight is 620 g/mol. The summed E-state index contributed by atoms with van der Waals surface area (Å²) in [6.07, 6.45) is 11.9. The van der Waals surface area contributed by atoms with Crippen molar-refractivity contribution in [2.45, 2.75) is 63.3 Å². The van der Waals surface area contributed by atoms with Gasteiger partial charge in [-0.05, 0) is 67.4 Å². The van der Waals surface area contributed by atoms with Gasteiger partial charge in [0.2, 0.25) is 0 Å². The highest BCUT2D eigenvalue weighted by atomic mass is 16.5. The normalized spacial score (nSPS) is 17.9. The van der Waals surface area contributed by atoms with Crippen molar-refractivity contribution in [1.82, 2.24) is 4.90 Å². The molecule has 0 bridgehead atoms. The predicted octanol–water partition coefficient (Wildman–Crippen LogP) is 8.82.